The van der Waals surface area contributed by atoms with Crippen LogP contribution in [0.2, 0.25) is 5.02 Å². The highest BCUT2D eigenvalue weighted by atomic mass is 35.5. The van der Waals surface area contributed by atoms with Crippen molar-refractivity contribution in [3.8, 4) is 0 Å². The molecule has 1 atom stereocenters. The molecule has 18 heavy (non-hydrogen) atoms. The van der Waals surface area contributed by atoms with Crippen molar-refractivity contribution in [3.05, 3.63) is 33.3 Å². The number of anilines is 1. The van der Waals surface area contributed by atoms with Gasteiger partial charge in [-0.25, -0.2) is 0 Å². The summed E-state index contributed by atoms with van der Waals surface area (Å²) < 4.78 is 0. The van der Waals surface area contributed by atoms with Gasteiger partial charge in [0.1, 0.15) is 5.69 Å². The Morgan fingerprint density at radius 3 is 2.67 bits per heavy atom. The average molecular weight is 273 g/mol. The first-order valence-corrected chi connectivity index (χ1v) is 6.14. The molecule has 1 unspecified atom stereocenters. The standard InChI is InChI=1S/C12H17ClN2O3/c1-8(2)10(5-6-16)14-11-4-3-9(13)7-12(11)15(17)18/h3-4,7-8,10,14,16H,5-6H2,1-2H3. The van der Waals surface area contributed by atoms with E-state index in [0.717, 1.165) is 0 Å². The van der Waals surface area contributed by atoms with Crippen molar-refractivity contribution in [2.24, 2.45) is 5.92 Å². The molecule has 0 amide bonds. The van der Waals surface area contributed by atoms with Crippen molar-refractivity contribution in [2.45, 2.75) is 26.3 Å². The number of rotatable bonds is 6. The summed E-state index contributed by atoms with van der Waals surface area (Å²) in [6.45, 7) is 4.03. The molecule has 0 spiro atoms. The number of hydrogen-bond acceptors (Lipinski definition) is 4. The van der Waals surface area contributed by atoms with Crippen LogP contribution in [0.25, 0.3) is 0 Å². The predicted molar refractivity (Wildman–Crippen MR) is 72.1 cm³/mol. The number of halogens is 1. The number of nitro groups is 1. The Kier molecular flexibility index (Phi) is 5.37. The fraction of sp³-hybridized carbons (Fsp3) is 0.500. The van der Waals surface area contributed by atoms with Crippen LogP contribution in [0.3, 0.4) is 0 Å². The molecule has 100 valence electrons. The number of nitro benzene ring substituents is 1. The minimum absolute atomic E-state index is 0.0186. The molecule has 1 aromatic rings. The van der Waals surface area contributed by atoms with Crippen molar-refractivity contribution in [1.82, 2.24) is 0 Å². The zero-order valence-corrected chi connectivity index (χ0v) is 11.1. The lowest BCUT2D eigenvalue weighted by Gasteiger charge is -2.22. The molecular weight excluding hydrogens is 256 g/mol. The Morgan fingerprint density at radius 1 is 1.50 bits per heavy atom. The third-order valence-electron chi connectivity index (χ3n) is 2.74. The van der Waals surface area contributed by atoms with Gasteiger partial charge in [0.2, 0.25) is 0 Å². The van der Waals surface area contributed by atoms with Crippen LogP contribution in [-0.4, -0.2) is 22.7 Å². The molecule has 0 fully saturated rings. The van der Waals surface area contributed by atoms with Gasteiger partial charge in [0, 0.05) is 23.7 Å². The number of aliphatic hydroxyl groups is 1. The Balaban J connectivity index is 2.98. The van der Waals surface area contributed by atoms with E-state index in [1.165, 1.54) is 6.07 Å². The van der Waals surface area contributed by atoms with Crippen molar-refractivity contribution >= 4 is 23.0 Å². The minimum atomic E-state index is -0.468. The number of nitrogens with zero attached hydrogens (tertiary/aromatic N) is 1. The van der Waals surface area contributed by atoms with E-state index in [4.69, 9.17) is 16.7 Å². The third-order valence-corrected chi connectivity index (χ3v) is 2.98. The second-order valence-corrected chi connectivity index (χ2v) is 4.86. The van der Waals surface area contributed by atoms with Crippen LogP contribution in [0.5, 0.6) is 0 Å². The van der Waals surface area contributed by atoms with Crippen molar-refractivity contribution in [3.63, 3.8) is 0 Å². The number of nitrogens with one attached hydrogen (secondary N) is 1. The fourth-order valence-corrected chi connectivity index (χ4v) is 1.86. The summed E-state index contributed by atoms with van der Waals surface area (Å²) in [5.74, 6) is 0.257. The van der Waals surface area contributed by atoms with Gasteiger partial charge in [-0.1, -0.05) is 25.4 Å². The Bertz CT molecular complexity index is 424. The summed E-state index contributed by atoms with van der Waals surface area (Å²) in [5, 5.41) is 23.4. The Morgan fingerprint density at radius 2 is 2.17 bits per heavy atom. The van der Waals surface area contributed by atoms with Crippen LogP contribution in [0.15, 0.2) is 18.2 Å². The second-order valence-electron chi connectivity index (χ2n) is 4.43. The van der Waals surface area contributed by atoms with E-state index in [1.54, 1.807) is 12.1 Å². The SMILES string of the molecule is CC(C)C(CCO)Nc1ccc(Cl)cc1[N+](=O)[O-]. The molecule has 0 saturated carbocycles. The van der Waals surface area contributed by atoms with E-state index < -0.39 is 4.92 Å². The summed E-state index contributed by atoms with van der Waals surface area (Å²) in [6.07, 6.45) is 0.539. The van der Waals surface area contributed by atoms with Gasteiger partial charge in [-0.15, -0.1) is 0 Å². The van der Waals surface area contributed by atoms with E-state index in [0.29, 0.717) is 17.1 Å². The molecule has 0 heterocycles. The summed E-state index contributed by atoms with van der Waals surface area (Å²) in [6, 6.07) is 4.50. The molecule has 1 rings (SSSR count). The largest absolute Gasteiger partial charge is 0.396 e. The van der Waals surface area contributed by atoms with Gasteiger partial charge in [-0.3, -0.25) is 10.1 Å². The summed E-state index contributed by atoms with van der Waals surface area (Å²) in [5.41, 5.74) is 0.377. The summed E-state index contributed by atoms with van der Waals surface area (Å²) in [7, 11) is 0. The quantitative estimate of drug-likeness (QED) is 0.616. The first-order valence-electron chi connectivity index (χ1n) is 5.77. The van der Waals surface area contributed by atoms with E-state index >= 15 is 0 Å². The molecule has 0 radical (unpaired) electrons. The van der Waals surface area contributed by atoms with Crippen LogP contribution in [0.4, 0.5) is 11.4 Å². The Labute approximate surface area is 111 Å². The molecule has 0 aliphatic heterocycles. The van der Waals surface area contributed by atoms with Gasteiger partial charge in [-0.2, -0.15) is 0 Å². The smallest absolute Gasteiger partial charge is 0.293 e. The highest BCUT2D eigenvalue weighted by molar-refractivity contribution is 6.30. The van der Waals surface area contributed by atoms with Gasteiger partial charge < -0.3 is 10.4 Å². The molecule has 1 aromatic carbocycles. The lowest BCUT2D eigenvalue weighted by molar-refractivity contribution is -0.384. The van der Waals surface area contributed by atoms with Crippen LogP contribution in [0, 0.1) is 16.0 Å². The topological polar surface area (TPSA) is 75.4 Å². The van der Waals surface area contributed by atoms with E-state index in [-0.39, 0.29) is 24.3 Å². The zero-order valence-electron chi connectivity index (χ0n) is 10.4. The lowest BCUT2D eigenvalue weighted by Crippen LogP contribution is -2.27. The monoisotopic (exact) mass is 272 g/mol. The number of hydrogen-bond donors (Lipinski definition) is 2. The van der Waals surface area contributed by atoms with E-state index in [2.05, 4.69) is 5.32 Å². The molecule has 0 saturated heterocycles. The molecule has 0 aromatic heterocycles. The van der Waals surface area contributed by atoms with Gasteiger partial charge in [0.05, 0.1) is 4.92 Å². The maximum absolute atomic E-state index is 10.9. The molecule has 0 bridgehead atoms. The molecule has 6 heteroatoms. The van der Waals surface area contributed by atoms with Gasteiger partial charge in [0.15, 0.2) is 0 Å². The lowest BCUT2D eigenvalue weighted by atomic mass is 10.0. The highest BCUT2D eigenvalue weighted by Crippen LogP contribution is 2.29. The summed E-state index contributed by atoms with van der Waals surface area (Å²) >= 11 is 5.75. The van der Waals surface area contributed by atoms with E-state index in [9.17, 15) is 10.1 Å². The summed E-state index contributed by atoms with van der Waals surface area (Å²) in [4.78, 5) is 10.5. The van der Waals surface area contributed by atoms with Crippen molar-refractivity contribution in [1.29, 1.82) is 0 Å². The number of benzene rings is 1. The first-order chi connectivity index (χ1) is 8.45. The highest BCUT2D eigenvalue weighted by Gasteiger charge is 2.19. The van der Waals surface area contributed by atoms with Crippen molar-refractivity contribution in [2.75, 3.05) is 11.9 Å². The predicted octanol–water partition coefficient (Wildman–Crippen LogP) is 3.07. The Hall–Kier alpha value is -1.33. The van der Waals surface area contributed by atoms with Gasteiger partial charge >= 0.3 is 0 Å². The second kappa shape index (κ2) is 6.56. The maximum atomic E-state index is 10.9. The van der Waals surface area contributed by atoms with Crippen molar-refractivity contribution < 1.29 is 10.0 Å². The molecule has 2 N–H and O–H groups in total. The van der Waals surface area contributed by atoms with E-state index in [1.807, 2.05) is 13.8 Å². The molecule has 5 nitrogen and oxygen atoms in total. The van der Waals surface area contributed by atoms with Crippen LogP contribution >= 0.6 is 11.6 Å². The molecule has 0 aliphatic carbocycles. The number of aliphatic hydroxyl groups excluding tert-OH is 1. The van der Waals surface area contributed by atoms with Crippen LogP contribution < -0.4 is 5.32 Å². The zero-order chi connectivity index (χ0) is 13.7. The van der Waals surface area contributed by atoms with Crippen LogP contribution in [-0.2, 0) is 0 Å². The third kappa shape index (κ3) is 3.85. The van der Waals surface area contributed by atoms with Crippen LogP contribution in [0.1, 0.15) is 20.3 Å². The minimum Gasteiger partial charge on any atom is -0.396 e. The first kappa shape index (κ1) is 14.7. The van der Waals surface area contributed by atoms with Gasteiger partial charge in [0.25, 0.3) is 5.69 Å². The molecular formula is C12H17ClN2O3. The molecule has 0 aliphatic rings. The normalized spacial score (nSPS) is 12.5. The average Bonchev–Trinajstić information content (AvgIpc) is 2.30. The maximum Gasteiger partial charge on any atom is 0.293 e. The fourth-order valence-electron chi connectivity index (χ4n) is 1.69. The van der Waals surface area contributed by atoms with Gasteiger partial charge in [-0.05, 0) is 24.5 Å².